The number of hydrogen-bond donors (Lipinski definition) is 0. The fourth-order valence-corrected chi connectivity index (χ4v) is 4.31. The number of benzene rings is 2. The summed E-state index contributed by atoms with van der Waals surface area (Å²) in [5.41, 5.74) is 5.05. The highest BCUT2D eigenvalue weighted by Crippen LogP contribution is 2.38. The van der Waals surface area contributed by atoms with Crippen LogP contribution < -0.4 is 9.47 Å². The van der Waals surface area contributed by atoms with Crippen molar-refractivity contribution in [3.05, 3.63) is 66.0 Å². The van der Waals surface area contributed by atoms with E-state index in [9.17, 15) is 0 Å². The maximum Gasteiger partial charge on any atom is 0.161 e. The Morgan fingerprint density at radius 3 is 2.79 bits per heavy atom. The topological polar surface area (TPSA) is 39.5 Å². The molecule has 5 nitrogen and oxygen atoms in total. The molecule has 0 N–H and O–H groups in total. The van der Waals surface area contributed by atoms with Gasteiger partial charge in [0, 0.05) is 31.4 Å². The molecule has 2 aliphatic heterocycles. The van der Waals surface area contributed by atoms with Crippen LogP contribution in [0.3, 0.4) is 0 Å². The highest BCUT2D eigenvalue weighted by atomic mass is 16.6. The van der Waals surface area contributed by atoms with Gasteiger partial charge in [0.1, 0.15) is 13.2 Å². The first-order chi connectivity index (χ1) is 13.8. The second kappa shape index (κ2) is 7.32. The monoisotopic (exact) mass is 375 g/mol. The van der Waals surface area contributed by atoms with Crippen LogP contribution in [0.5, 0.6) is 11.5 Å². The van der Waals surface area contributed by atoms with Gasteiger partial charge < -0.3 is 9.47 Å². The first-order valence-electron chi connectivity index (χ1n) is 9.98. The standard InChI is InChI=1S/C23H25N3O2/c1-25-16-20(14-24-25)18-5-2-4-17(12-18)15-26-9-3-6-21(26)19-7-8-22-23(13-19)28-11-10-27-22/h2,4-5,7-8,12-14,16,21H,3,6,9-11,15H2,1H3. The van der Waals surface area contributed by atoms with Gasteiger partial charge in [-0.05, 0) is 54.3 Å². The van der Waals surface area contributed by atoms with Crippen LogP contribution in [-0.2, 0) is 13.6 Å². The summed E-state index contributed by atoms with van der Waals surface area (Å²) in [6.07, 6.45) is 6.39. The lowest BCUT2D eigenvalue weighted by Gasteiger charge is -2.26. The molecule has 0 amide bonds. The van der Waals surface area contributed by atoms with Crippen molar-refractivity contribution < 1.29 is 9.47 Å². The molecule has 28 heavy (non-hydrogen) atoms. The van der Waals surface area contributed by atoms with E-state index in [0.717, 1.165) is 30.2 Å². The van der Waals surface area contributed by atoms with E-state index in [1.54, 1.807) is 0 Å². The van der Waals surface area contributed by atoms with Crippen LogP contribution in [0.2, 0.25) is 0 Å². The molecule has 0 saturated carbocycles. The van der Waals surface area contributed by atoms with Gasteiger partial charge >= 0.3 is 0 Å². The number of likely N-dealkylation sites (tertiary alicyclic amines) is 1. The van der Waals surface area contributed by atoms with Crippen molar-refractivity contribution in [2.24, 2.45) is 7.05 Å². The molecule has 2 aliphatic rings. The van der Waals surface area contributed by atoms with Gasteiger partial charge in [-0.2, -0.15) is 5.10 Å². The molecule has 0 aliphatic carbocycles. The van der Waals surface area contributed by atoms with Crippen LogP contribution in [0.4, 0.5) is 0 Å². The van der Waals surface area contributed by atoms with Crippen LogP contribution in [-0.4, -0.2) is 34.4 Å². The normalized spacial score (nSPS) is 19.1. The third kappa shape index (κ3) is 3.38. The summed E-state index contributed by atoms with van der Waals surface area (Å²) < 4.78 is 13.3. The number of nitrogens with zero attached hydrogens (tertiary/aromatic N) is 3. The fourth-order valence-electron chi connectivity index (χ4n) is 4.31. The predicted octanol–water partition coefficient (Wildman–Crippen LogP) is 4.20. The highest BCUT2D eigenvalue weighted by Gasteiger charge is 2.27. The van der Waals surface area contributed by atoms with E-state index in [4.69, 9.17) is 9.47 Å². The Kier molecular flexibility index (Phi) is 4.53. The fraction of sp³-hybridized carbons (Fsp3) is 0.348. The molecule has 2 aromatic carbocycles. The summed E-state index contributed by atoms with van der Waals surface area (Å²) >= 11 is 0. The summed E-state index contributed by atoms with van der Waals surface area (Å²) in [4.78, 5) is 2.58. The number of fused-ring (bicyclic) bond motifs is 1. The lowest BCUT2D eigenvalue weighted by Crippen LogP contribution is -2.23. The van der Waals surface area contributed by atoms with E-state index < -0.39 is 0 Å². The van der Waals surface area contributed by atoms with Gasteiger partial charge in [0.2, 0.25) is 0 Å². The van der Waals surface area contributed by atoms with Gasteiger partial charge in [0.05, 0.1) is 6.20 Å². The van der Waals surface area contributed by atoms with Gasteiger partial charge in [-0.15, -0.1) is 0 Å². The van der Waals surface area contributed by atoms with Crippen molar-refractivity contribution in [1.82, 2.24) is 14.7 Å². The number of rotatable bonds is 4. The smallest absolute Gasteiger partial charge is 0.161 e. The van der Waals surface area contributed by atoms with Crippen molar-refractivity contribution in [1.29, 1.82) is 0 Å². The van der Waals surface area contributed by atoms with Crippen LogP contribution in [0.25, 0.3) is 11.1 Å². The van der Waals surface area contributed by atoms with Gasteiger partial charge in [0.25, 0.3) is 0 Å². The average Bonchev–Trinajstić information content (AvgIpc) is 3.37. The molecule has 144 valence electrons. The van der Waals surface area contributed by atoms with Crippen molar-refractivity contribution in [3.8, 4) is 22.6 Å². The van der Waals surface area contributed by atoms with E-state index in [-0.39, 0.29) is 0 Å². The molecule has 0 radical (unpaired) electrons. The quantitative estimate of drug-likeness (QED) is 0.685. The second-order valence-electron chi connectivity index (χ2n) is 7.63. The molecule has 0 spiro atoms. The van der Waals surface area contributed by atoms with Crippen molar-refractivity contribution >= 4 is 0 Å². The molecule has 3 aromatic rings. The molecule has 1 atom stereocenters. The zero-order chi connectivity index (χ0) is 18.9. The zero-order valence-corrected chi connectivity index (χ0v) is 16.2. The SMILES string of the molecule is Cn1cc(-c2cccc(CN3CCCC3c3ccc4c(c3)OCCO4)c2)cn1. The molecule has 1 aromatic heterocycles. The Labute approximate surface area is 165 Å². The summed E-state index contributed by atoms with van der Waals surface area (Å²) in [5, 5.41) is 4.30. The van der Waals surface area contributed by atoms with Crippen LogP contribution in [0, 0.1) is 0 Å². The zero-order valence-electron chi connectivity index (χ0n) is 16.2. The van der Waals surface area contributed by atoms with Crippen molar-refractivity contribution in [2.45, 2.75) is 25.4 Å². The Morgan fingerprint density at radius 1 is 1.04 bits per heavy atom. The van der Waals surface area contributed by atoms with E-state index >= 15 is 0 Å². The third-order valence-corrected chi connectivity index (χ3v) is 5.67. The van der Waals surface area contributed by atoms with E-state index in [1.165, 1.54) is 29.5 Å². The van der Waals surface area contributed by atoms with Crippen molar-refractivity contribution in [2.75, 3.05) is 19.8 Å². The number of aromatic nitrogens is 2. The minimum atomic E-state index is 0.429. The van der Waals surface area contributed by atoms with Crippen LogP contribution in [0.1, 0.15) is 30.0 Å². The van der Waals surface area contributed by atoms with Crippen LogP contribution in [0.15, 0.2) is 54.9 Å². The van der Waals surface area contributed by atoms with Crippen molar-refractivity contribution in [3.63, 3.8) is 0 Å². The Balaban J connectivity index is 1.36. The second-order valence-corrected chi connectivity index (χ2v) is 7.63. The third-order valence-electron chi connectivity index (χ3n) is 5.67. The van der Waals surface area contributed by atoms with Crippen LogP contribution >= 0.6 is 0 Å². The summed E-state index contributed by atoms with van der Waals surface area (Å²) in [6, 6.07) is 15.7. The molecular formula is C23H25N3O2. The minimum Gasteiger partial charge on any atom is -0.486 e. The number of hydrogen-bond acceptors (Lipinski definition) is 4. The van der Waals surface area contributed by atoms with Gasteiger partial charge in [0.15, 0.2) is 11.5 Å². The average molecular weight is 375 g/mol. The first kappa shape index (κ1) is 17.3. The lowest BCUT2D eigenvalue weighted by atomic mass is 10.0. The minimum absolute atomic E-state index is 0.429. The maximum absolute atomic E-state index is 5.79. The summed E-state index contributed by atoms with van der Waals surface area (Å²) in [6.45, 7) is 3.34. The van der Waals surface area contributed by atoms with E-state index in [2.05, 4.69) is 58.7 Å². The lowest BCUT2D eigenvalue weighted by molar-refractivity contribution is 0.170. The molecule has 5 rings (SSSR count). The molecule has 1 saturated heterocycles. The molecule has 5 heteroatoms. The predicted molar refractivity (Wildman–Crippen MR) is 108 cm³/mol. The van der Waals surface area contributed by atoms with E-state index in [1.807, 2.05) is 17.9 Å². The van der Waals surface area contributed by atoms with Gasteiger partial charge in [-0.1, -0.05) is 24.3 Å². The molecule has 0 bridgehead atoms. The van der Waals surface area contributed by atoms with Gasteiger partial charge in [-0.3, -0.25) is 9.58 Å². The Hall–Kier alpha value is -2.79. The Morgan fingerprint density at radius 2 is 1.93 bits per heavy atom. The Bertz CT molecular complexity index is 981. The number of aryl methyl sites for hydroxylation is 1. The summed E-state index contributed by atoms with van der Waals surface area (Å²) in [7, 11) is 1.95. The van der Waals surface area contributed by atoms with E-state index in [0.29, 0.717) is 19.3 Å². The molecule has 1 unspecified atom stereocenters. The molecular weight excluding hydrogens is 350 g/mol. The largest absolute Gasteiger partial charge is 0.486 e. The highest BCUT2D eigenvalue weighted by molar-refractivity contribution is 5.62. The molecule has 3 heterocycles. The molecule has 1 fully saturated rings. The maximum atomic E-state index is 5.79. The first-order valence-corrected chi connectivity index (χ1v) is 9.98. The number of ether oxygens (including phenoxy) is 2. The van der Waals surface area contributed by atoms with Gasteiger partial charge in [-0.25, -0.2) is 0 Å². The summed E-state index contributed by atoms with van der Waals surface area (Å²) in [5.74, 6) is 1.75.